The molecule has 31 heavy (non-hydrogen) atoms. The van der Waals surface area contributed by atoms with Gasteiger partial charge in [-0.05, 0) is 34.0 Å². The van der Waals surface area contributed by atoms with E-state index in [1.807, 2.05) is 0 Å². The van der Waals surface area contributed by atoms with E-state index in [2.05, 4.69) is 0 Å². The van der Waals surface area contributed by atoms with E-state index in [9.17, 15) is 14.7 Å². The summed E-state index contributed by atoms with van der Waals surface area (Å²) in [5, 5.41) is 14.7. The molecule has 0 fully saturated rings. The van der Waals surface area contributed by atoms with E-state index < -0.39 is 23.2 Å². The number of alkyl halides is 1. The number of esters is 2. The average molecular weight is 451 g/mol. The largest absolute Gasteiger partial charge is 0.387 e. The van der Waals surface area contributed by atoms with Gasteiger partial charge in [0, 0.05) is 11.1 Å². The second kappa shape index (κ2) is 7.23. The van der Waals surface area contributed by atoms with Crippen LogP contribution in [0.4, 0.5) is 4.39 Å². The van der Waals surface area contributed by atoms with Crippen molar-refractivity contribution >= 4 is 34.6 Å². The Morgan fingerprint density at radius 2 is 1.29 bits per heavy atom. The number of carbonyl (C=O) groups is 2. The minimum atomic E-state index is -2.66. The number of ether oxygens (including phenoxy) is 1. The Kier molecular flexibility index (Phi) is 4.62. The van der Waals surface area contributed by atoms with Crippen LogP contribution in [0, 0.1) is 0 Å². The first-order chi connectivity index (χ1) is 15.0. The van der Waals surface area contributed by atoms with Gasteiger partial charge in [0.1, 0.15) is 0 Å². The average Bonchev–Trinajstić information content (AvgIpc) is 3.56. The molecular formula is C24H15FO4S2. The molecule has 0 saturated carbocycles. The lowest BCUT2D eigenvalue weighted by atomic mass is 9.93. The van der Waals surface area contributed by atoms with Crippen LogP contribution in [-0.2, 0) is 25.6 Å². The van der Waals surface area contributed by atoms with Crippen LogP contribution in [0.5, 0.6) is 0 Å². The maximum Gasteiger partial charge on any atom is 0.361 e. The van der Waals surface area contributed by atoms with Gasteiger partial charge in [-0.25, -0.2) is 14.0 Å². The maximum atomic E-state index is 16.4. The summed E-state index contributed by atoms with van der Waals surface area (Å²) in [6, 6.07) is 19.7. The van der Waals surface area contributed by atoms with Crippen LogP contribution < -0.4 is 0 Å². The summed E-state index contributed by atoms with van der Waals surface area (Å²) in [5.41, 5.74) is -3.50. The quantitative estimate of drug-likeness (QED) is 0.351. The number of aliphatic hydroxyl groups is 1. The molecule has 0 saturated heterocycles. The maximum absolute atomic E-state index is 16.4. The molecule has 0 unspecified atom stereocenters. The molecular weight excluding hydrogens is 435 g/mol. The van der Waals surface area contributed by atoms with Gasteiger partial charge in [-0.2, -0.15) is 0 Å². The van der Waals surface area contributed by atoms with Gasteiger partial charge >= 0.3 is 11.9 Å². The topological polar surface area (TPSA) is 63.6 Å². The molecule has 0 atom stereocenters. The van der Waals surface area contributed by atoms with E-state index in [4.69, 9.17) is 4.74 Å². The Morgan fingerprint density at radius 1 is 0.806 bits per heavy atom. The zero-order chi connectivity index (χ0) is 21.6. The Hall–Kier alpha value is -3.13. The number of hydrogen-bond acceptors (Lipinski definition) is 6. The third kappa shape index (κ3) is 2.81. The third-order valence-electron chi connectivity index (χ3n) is 5.40. The summed E-state index contributed by atoms with van der Waals surface area (Å²) in [4.78, 5) is 26.9. The lowest BCUT2D eigenvalue weighted by molar-refractivity contribution is -0.177. The van der Waals surface area contributed by atoms with Gasteiger partial charge in [-0.1, -0.05) is 60.7 Å². The van der Waals surface area contributed by atoms with Crippen molar-refractivity contribution in [3.63, 3.8) is 0 Å². The second-order valence-electron chi connectivity index (χ2n) is 7.09. The summed E-state index contributed by atoms with van der Waals surface area (Å²) >= 11 is 2.29. The molecule has 2 aromatic heterocycles. The van der Waals surface area contributed by atoms with E-state index >= 15 is 4.39 Å². The van der Waals surface area contributed by atoms with Crippen LogP contribution in [0.3, 0.4) is 0 Å². The van der Waals surface area contributed by atoms with Gasteiger partial charge in [-0.15, -0.1) is 22.7 Å². The summed E-state index contributed by atoms with van der Waals surface area (Å²) in [6.45, 7) is 0. The fraction of sp³-hybridized carbons (Fsp3) is 0.0833. The molecule has 0 spiro atoms. The lowest BCUT2D eigenvalue weighted by Gasteiger charge is -2.26. The van der Waals surface area contributed by atoms with E-state index in [1.165, 1.54) is 12.1 Å². The van der Waals surface area contributed by atoms with Gasteiger partial charge in [0.15, 0.2) is 0 Å². The summed E-state index contributed by atoms with van der Waals surface area (Å²) < 4.78 is 21.5. The Balaban J connectivity index is 1.56. The predicted molar refractivity (Wildman–Crippen MR) is 117 cm³/mol. The monoisotopic (exact) mass is 450 g/mol. The van der Waals surface area contributed by atoms with E-state index in [0.29, 0.717) is 11.1 Å². The van der Waals surface area contributed by atoms with Gasteiger partial charge in [-0.3, -0.25) is 0 Å². The SMILES string of the molecule is O=C(OC(=O)C1(F)c2ccccc2-c2ccccc21)C(O)(c1cccs1)c1cccs1. The summed E-state index contributed by atoms with van der Waals surface area (Å²) in [5.74, 6) is -2.61. The molecule has 1 aliphatic rings. The minimum absolute atomic E-state index is 0.116. The standard InChI is InChI=1S/C24H15FO4S2/c25-23(17-9-3-1-7-15(17)16-8-2-4-10-18(16)23)21(26)29-22(27)24(28,19-11-5-13-30-19)20-12-6-14-31-20/h1-14,28H. The van der Waals surface area contributed by atoms with Crippen molar-refractivity contribution in [1.82, 2.24) is 0 Å². The predicted octanol–water partition coefficient (Wildman–Crippen LogP) is 5.01. The van der Waals surface area contributed by atoms with Crippen molar-refractivity contribution in [2.75, 3.05) is 0 Å². The van der Waals surface area contributed by atoms with Crippen molar-refractivity contribution in [1.29, 1.82) is 0 Å². The van der Waals surface area contributed by atoms with Crippen molar-refractivity contribution in [3.05, 3.63) is 104 Å². The second-order valence-corrected chi connectivity index (χ2v) is 8.99. The molecule has 0 aliphatic heterocycles. The molecule has 4 aromatic rings. The summed E-state index contributed by atoms with van der Waals surface area (Å²) in [6.07, 6.45) is 0. The molecule has 154 valence electrons. The fourth-order valence-corrected chi connectivity index (χ4v) is 5.64. The first-order valence-electron chi connectivity index (χ1n) is 9.42. The number of hydrogen-bond donors (Lipinski definition) is 1. The Bertz CT molecular complexity index is 1200. The van der Waals surface area contributed by atoms with Gasteiger partial charge < -0.3 is 9.84 Å². The zero-order valence-corrected chi connectivity index (χ0v) is 17.6. The smallest absolute Gasteiger partial charge is 0.361 e. The normalized spacial score (nSPS) is 14.0. The van der Waals surface area contributed by atoms with Crippen molar-refractivity contribution in [2.45, 2.75) is 11.3 Å². The summed E-state index contributed by atoms with van der Waals surface area (Å²) in [7, 11) is 0. The van der Waals surface area contributed by atoms with E-state index in [0.717, 1.165) is 22.7 Å². The molecule has 7 heteroatoms. The highest BCUT2D eigenvalue weighted by molar-refractivity contribution is 7.12. The molecule has 5 rings (SSSR count). The number of fused-ring (bicyclic) bond motifs is 3. The molecule has 2 aromatic carbocycles. The van der Waals surface area contributed by atoms with Crippen LogP contribution in [-0.4, -0.2) is 17.0 Å². The molecule has 2 heterocycles. The molecule has 0 amide bonds. The fourth-order valence-electron chi connectivity index (χ4n) is 3.92. The molecule has 1 aliphatic carbocycles. The highest BCUT2D eigenvalue weighted by Gasteiger charge is 2.54. The molecule has 0 radical (unpaired) electrons. The number of thiophene rings is 2. The van der Waals surface area contributed by atoms with Crippen molar-refractivity contribution < 1.29 is 23.8 Å². The number of carbonyl (C=O) groups excluding carboxylic acids is 2. The van der Waals surface area contributed by atoms with E-state index in [1.54, 1.807) is 71.4 Å². The van der Waals surface area contributed by atoms with Gasteiger partial charge in [0.2, 0.25) is 5.60 Å². The lowest BCUT2D eigenvalue weighted by Crippen LogP contribution is -2.42. The molecule has 0 bridgehead atoms. The van der Waals surface area contributed by atoms with Crippen LogP contribution in [0.2, 0.25) is 0 Å². The van der Waals surface area contributed by atoms with Gasteiger partial charge in [0.25, 0.3) is 5.67 Å². The molecule has 1 N–H and O–H groups in total. The Labute approximate surface area is 185 Å². The third-order valence-corrected chi connectivity index (χ3v) is 7.36. The van der Waals surface area contributed by atoms with Crippen LogP contribution in [0.25, 0.3) is 11.1 Å². The highest BCUT2D eigenvalue weighted by Crippen LogP contribution is 2.50. The van der Waals surface area contributed by atoms with Gasteiger partial charge in [0.05, 0.1) is 9.75 Å². The Morgan fingerprint density at radius 3 is 1.74 bits per heavy atom. The van der Waals surface area contributed by atoms with E-state index in [-0.39, 0.29) is 20.9 Å². The molecule has 4 nitrogen and oxygen atoms in total. The van der Waals surface area contributed by atoms with Crippen LogP contribution >= 0.6 is 22.7 Å². The van der Waals surface area contributed by atoms with Crippen LogP contribution in [0.15, 0.2) is 83.6 Å². The first-order valence-corrected chi connectivity index (χ1v) is 11.2. The first kappa shape index (κ1) is 19.8. The van der Waals surface area contributed by atoms with Crippen LogP contribution in [0.1, 0.15) is 20.9 Å². The van der Waals surface area contributed by atoms with Crippen molar-refractivity contribution in [3.8, 4) is 11.1 Å². The number of rotatable bonds is 4. The minimum Gasteiger partial charge on any atom is -0.387 e. The van der Waals surface area contributed by atoms with Crippen molar-refractivity contribution in [2.24, 2.45) is 0 Å². The number of halogens is 1. The zero-order valence-electron chi connectivity index (χ0n) is 15.9. The highest BCUT2D eigenvalue weighted by atomic mass is 32.1. The number of benzene rings is 2.